The molecule has 0 heterocycles. The summed E-state index contributed by atoms with van der Waals surface area (Å²) in [5, 5.41) is 6.66. The lowest BCUT2D eigenvalue weighted by molar-refractivity contribution is 0.102. The summed E-state index contributed by atoms with van der Waals surface area (Å²) in [6.07, 6.45) is 3.97. The molecule has 2 aliphatic rings. The summed E-state index contributed by atoms with van der Waals surface area (Å²) < 4.78 is 0. The Labute approximate surface area is 148 Å². The highest BCUT2D eigenvalue weighted by Gasteiger charge is 2.39. The van der Waals surface area contributed by atoms with Gasteiger partial charge in [-0.3, -0.25) is 4.79 Å². The molecule has 4 nitrogen and oxygen atoms in total. The molecule has 130 valence electrons. The van der Waals surface area contributed by atoms with Crippen LogP contribution in [-0.2, 0) is 6.54 Å². The normalized spacial score (nSPS) is 21.8. The van der Waals surface area contributed by atoms with Crippen LogP contribution in [0.4, 0.5) is 5.69 Å². The first-order valence-electron chi connectivity index (χ1n) is 9.17. The van der Waals surface area contributed by atoms with Crippen LogP contribution in [-0.4, -0.2) is 18.5 Å². The summed E-state index contributed by atoms with van der Waals surface area (Å²) in [6.45, 7) is 1.58. The Bertz CT molecular complexity index is 755. The Morgan fingerprint density at radius 3 is 2.64 bits per heavy atom. The number of benzene rings is 2. The predicted octanol–water partition coefficient (Wildman–Crippen LogP) is 3.25. The molecule has 4 rings (SSSR count). The Kier molecular flexibility index (Phi) is 4.55. The molecule has 0 spiro atoms. The molecule has 4 N–H and O–H groups in total. The van der Waals surface area contributed by atoms with Crippen LogP contribution >= 0.6 is 0 Å². The third-order valence-electron chi connectivity index (χ3n) is 5.22. The van der Waals surface area contributed by atoms with E-state index < -0.39 is 0 Å². The number of carbonyl (C=O) groups excluding carboxylic acids is 1. The largest absolute Gasteiger partial charge is 0.326 e. The van der Waals surface area contributed by atoms with Gasteiger partial charge in [-0.15, -0.1) is 0 Å². The first kappa shape index (κ1) is 16.3. The van der Waals surface area contributed by atoms with E-state index in [2.05, 4.69) is 22.8 Å². The Balaban J connectivity index is 1.42. The van der Waals surface area contributed by atoms with Crippen molar-refractivity contribution in [3.05, 3.63) is 65.2 Å². The molecule has 2 aliphatic carbocycles. The number of hydrogen-bond acceptors (Lipinski definition) is 3. The van der Waals surface area contributed by atoms with Crippen LogP contribution in [0.3, 0.4) is 0 Å². The summed E-state index contributed by atoms with van der Waals surface area (Å²) in [6, 6.07) is 16.1. The van der Waals surface area contributed by atoms with Crippen LogP contribution in [0.25, 0.3) is 0 Å². The van der Waals surface area contributed by atoms with Crippen molar-refractivity contribution in [1.29, 1.82) is 0 Å². The maximum absolute atomic E-state index is 12.4. The van der Waals surface area contributed by atoms with Crippen molar-refractivity contribution >= 4 is 11.6 Å². The maximum Gasteiger partial charge on any atom is 0.255 e. The molecule has 0 unspecified atom stereocenters. The van der Waals surface area contributed by atoms with Gasteiger partial charge in [-0.2, -0.15) is 0 Å². The zero-order valence-electron chi connectivity index (χ0n) is 14.4. The second-order valence-electron chi connectivity index (χ2n) is 7.24. The van der Waals surface area contributed by atoms with E-state index in [9.17, 15) is 4.79 Å². The van der Waals surface area contributed by atoms with Gasteiger partial charge in [-0.25, -0.2) is 0 Å². The summed E-state index contributed by atoms with van der Waals surface area (Å²) in [7, 11) is 0. The van der Waals surface area contributed by atoms with Crippen molar-refractivity contribution in [1.82, 2.24) is 5.32 Å². The van der Waals surface area contributed by atoms with Crippen molar-refractivity contribution in [3.8, 4) is 0 Å². The molecule has 25 heavy (non-hydrogen) atoms. The molecule has 1 amide bonds. The molecule has 0 aromatic heterocycles. The number of nitrogens with two attached hydrogens (primary N) is 1. The standard InChI is InChI=1S/C21H25N3O/c22-12-17-10-16(18-11-20(18)23-13-14-6-7-14)8-9-19(17)24-21(25)15-4-2-1-3-5-15/h1-5,8-10,14,18,20,23H,6-7,11-13,22H2,(H,24,25)/t18-,20+/m0/s1. The van der Waals surface area contributed by atoms with Crippen molar-refractivity contribution in [2.45, 2.75) is 37.8 Å². The van der Waals surface area contributed by atoms with Gasteiger partial charge in [0.1, 0.15) is 0 Å². The Morgan fingerprint density at radius 1 is 1.12 bits per heavy atom. The fourth-order valence-electron chi connectivity index (χ4n) is 3.35. The van der Waals surface area contributed by atoms with Crippen LogP contribution in [0.2, 0.25) is 0 Å². The van der Waals surface area contributed by atoms with Crippen LogP contribution in [0, 0.1) is 5.92 Å². The number of rotatable bonds is 7. The van der Waals surface area contributed by atoms with Gasteiger partial charge in [0.25, 0.3) is 5.91 Å². The molecular weight excluding hydrogens is 310 g/mol. The van der Waals surface area contributed by atoms with Gasteiger partial charge in [0.15, 0.2) is 0 Å². The number of hydrogen-bond donors (Lipinski definition) is 3. The highest BCUT2D eigenvalue weighted by Crippen LogP contribution is 2.42. The Hall–Kier alpha value is -2.17. The molecule has 2 aromatic rings. The van der Waals surface area contributed by atoms with Crippen molar-refractivity contribution < 1.29 is 4.79 Å². The molecule has 0 bridgehead atoms. The molecule has 0 saturated heterocycles. The highest BCUT2D eigenvalue weighted by molar-refractivity contribution is 6.04. The second-order valence-corrected chi connectivity index (χ2v) is 7.24. The molecule has 2 aromatic carbocycles. The number of nitrogens with one attached hydrogen (secondary N) is 2. The summed E-state index contributed by atoms with van der Waals surface area (Å²) in [5.41, 5.74) is 9.71. The second kappa shape index (κ2) is 6.98. The van der Waals surface area contributed by atoms with Crippen molar-refractivity contribution in [2.75, 3.05) is 11.9 Å². The molecule has 0 aliphatic heterocycles. The maximum atomic E-state index is 12.4. The third kappa shape index (κ3) is 3.91. The smallest absolute Gasteiger partial charge is 0.255 e. The van der Waals surface area contributed by atoms with E-state index in [-0.39, 0.29) is 5.91 Å². The van der Waals surface area contributed by atoms with Crippen molar-refractivity contribution in [2.24, 2.45) is 11.7 Å². The molecule has 2 fully saturated rings. The van der Waals surface area contributed by atoms with E-state index in [0.717, 1.165) is 23.7 Å². The summed E-state index contributed by atoms with van der Waals surface area (Å²) in [5.74, 6) is 1.40. The van der Waals surface area contributed by atoms with Gasteiger partial charge in [-0.1, -0.05) is 30.3 Å². The van der Waals surface area contributed by atoms with Gasteiger partial charge in [-0.05, 0) is 61.1 Å². The topological polar surface area (TPSA) is 67.2 Å². The lowest BCUT2D eigenvalue weighted by atomic mass is 10.0. The van der Waals surface area contributed by atoms with E-state index in [4.69, 9.17) is 5.73 Å². The van der Waals surface area contributed by atoms with Crippen LogP contribution < -0.4 is 16.4 Å². The fourth-order valence-corrected chi connectivity index (χ4v) is 3.35. The van der Waals surface area contributed by atoms with Crippen LogP contribution in [0.5, 0.6) is 0 Å². The molecular formula is C21H25N3O. The number of carbonyl (C=O) groups is 1. The number of amides is 1. The minimum absolute atomic E-state index is 0.0987. The predicted molar refractivity (Wildman–Crippen MR) is 101 cm³/mol. The lowest BCUT2D eigenvalue weighted by Crippen LogP contribution is -2.20. The van der Waals surface area contributed by atoms with Gasteiger partial charge in [0.05, 0.1) is 0 Å². The molecule has 2 saturated carbocycles. The minimum atomic E-state index is -0.0987. The van der Waals surface area contributed by atoms with E-state index in [1.54, 1.807) is 0 Å². The Morgan fingerprint density at radius 2 is 1.92 bits per heavy atom. The van der Waals surface area contributed by atoms with E-state index in [1.165, 1.54) is 24.8 Å². The summed E-state index contributed by atoms with van der Waals surface area (Å²) >= 11 is 0. The fraction of sp³-hybridized carbons (Fsp3) is 0.381. The quantitative estimate of drug-likeness (QED) is 0.727. The van der Waals surface area contributed by atoms with Gasteiger partial charge in [0, 0.05) is 29.8 Å². The van der Waals surface area contributed by atoms with Crippen LogP contribution in [0.15, 0.2) is 48.5 Å². The van der Waals surface area contributed by atoms with E-state index in [0.29, 0.717) is 24.1 Å². The third-order valence-corrected chi connectivity index (χ3v) is 5.22. The average molecular weight is 335 g/mol. The van der Waals surface area contributed by atoms with E-state index in [1.807, 2.05) is 36.4 Å². The van der Waals surface area contributed by atoms with Gasteiger partial charge in [0.2, 0.25) is 0 Å². The number of anilines is 1. The van der Waals surface area contributed by atoms with Crippen molar-refractivity contribution in [3.63, 3.8) is 0 Å². The average Bonchev–Trinajstić information content (AvgIpc) is 3.55. The first-order valence-corrected chi connectivity index (χ1v) is 9.17. The van der Waals surface area contributed by atoms with Crippen LogP contribution in [0.1, 0.15) is 46.7 Å². The van der Waals surface area contributed by atoms with E-state index >= 15 is 0 Å². The first-order chi connectivity index (χ1) is 12.2. The minimum Gasteiger partial charge on any atom is -0.326 e. The van der Waals surface area contributed by atoms with Gasteiger partial charge < -0.3 is 16.4 Å². The highest BCUT2D eigenvalue weighted by atomic mass is 16.1. The molecule has 4 heteroatoms. The summed E-state index contributed by atoms with van der Waals surface area (Å²) in [4.78, 5) is 12.4. The molecule has 0 radical (unpaired) electrons. The molecule has 2 atom stereocenters. The zero-order valence-corrected chi connectivity index (χ0v) is 14.4. The SMILES string of the molecule is NCc1cc([C@@H]2C[C@H]2NCC2CC2)ccc1NC(=O)c1ccccc1. The lowest BCUT2D eigenvalue weighted by Gasteiger charge is -2.12. The monoisotopic (exact) mass is 335 g/mol. The zero-order chi connectivity index (χ0) is 17.2. The van der Waals surface area contributed by atoms with Gasteiger partial charge >= 0.3 is 0 Å².